The largest absolute Gasteiger partial charge is 0.350 e. The van der Waals surface area contributed by atoms with E-state index in [1.807, 2.05) is 38.6 Å². The average Bonchev–Trinajstić information content (AvgIpc) is 3.04. The second-order valence-electron chi connectivity index (χ2n) is 6.17. The number of carbonyl (C=O) groups excluding carboxylic acids is 2. The molecule has 0 aromatic carbocycles. The standard InChI is InChI=1S/C17H25N5O2S/c1-10(22-12(3)16(13(4)23)11(2)20-22)7-15(24)18-8-14-9-19-17(25-6)21(14)5/h9-10H,7-8H2,1-6H3,(H,18,24). The summed E-state index contributed by atoms with van der Waals surface area (Å²) in [5.74, 6) is -0.0602. The van der Waals surface area contributed by atoms with Crippen molar-refractivity contribution in [3.63, 3.8) is 0 Å². The van der Waals surface area contributed by atoms with Gasteiger partial charge in [0.05, 0.1) is 35.7 Å². The summed E-state index contributed by atoms with van der Waals surface area (Å²) in [4.78, 5) is 28.3. The van der Waals surface area contributed by atoms with E-state index < -0.39 is 0 Å². The van der Waals surface area contributed by atoms with E-state index in [1.165, 1.54) is 6.92 Å². The molecule has 2 rings (SSSR count). The van der Waals surface area contributed by atoms with E-state index in [0.717, 1.165) is 16.5 Å². The highest BCUT2D eigenvalue weighted by atomic mass is 32.2. The lowest BCUT2D eigenvalue weighted by molar-refractivity contribution is -0.122. The zero-order chi connectivity index (χ0) is 18.7. The van der Waals surface area contributed by atoms with Crippen molar-refractivity contribution >= 4 is 23.5 Å². The molecule has 0 aliphatic carbocycles. The number of hydrogen-bond donors (Lipinski definition) is 1. The lowest BCUT2D eigenvalue weighted by Crippen LogP contribution is -2.27. The lowest BCUT2D eigenvalue weighted by atomic mass is 10.1. The molecule has 1 amide bonds. The van der Waals surface area contributed by atoms with E-state index in [9.17, 15) is 9.59 Å². The van der Waals surface area contributed by atoms with Gasteiger partial charge >= 0.3 is 0 Å². The molecule has 136 valence electrons. The van der Waals surface area contributed by atoms with Crippen LogP contribution in [0.1, 0.15) is 53.7 Å². The quantitative estimate of drug-likeness (QED) is 0.603. The van der Waals surface area contributed by atoms with E-state index in [0.29, 0.717) is 24.2 Å². The van der Waals surface area contributed by atoms with Crippen LogP contribution >= 0.6 is 11.8 Å². The smallest absolute Gasteiger partial charge is 0.222 e. The first kappa shape index (κ1) is 19.2. The molecule has 0 bridgehead atoms. The Morgan fingerprint density at radius 3 is 2.56 bits per heavy atom. The summed E-state index contributed by atoms with van der Waals surface area (Å²) >= 11 is 1.57. The van der Waals surface area contributed by atoms with Gasteiger partial charge in [0.15, 0.2) is 10.9 Å². The topological polar surface area (TPSA) is 81.8 Å². The van der Waals surface area contributed by atoms with E-state index in [2.05, 4.69) is 15.4 Å². The molecule has 1 N–H and O–H groups in total. The van der Waals surface area contributed by atoms with Gasteiger partial charge in [-0.25, -0.2) is 4.98 Å². The van der Waals surface area contributed by atoms with Gasteiger partial charge in [-0.15, -0.1) is 0 Å². The number of thioether (sulfide) groups is 1. The van der Waals surface area contributed by atoms with Gasteiger partial charge in [-0.05, 0) is 34.0 Å². The van der Waals surface area contributed by atoms with Crippen molar-refractivity contribution < 1.29 is 9.59 Å². The third kappa shape index (κ3) is 4.12. The number of nitrogens with zero attached hydrogens (tertiary/aromatic N) is 4. The monoisotopic (exact) mass is 363 g/mol. The maximum absolute atomic E-state index is 12.3. The van der Waals surface area contributed by atoms with Crippen molar-refractivity contribution in [3.05, 3.63) is 28.8 Å². The molecule has 2 aromatic rings. The van der Waals surface area contributed by atoms with Crippen molar-refractivity contribution in [2.24, 2.45) is 7.05 Å². The summed E-state index contributed by atoms with van der Waals surface area (Å²) in [7, 11) is 1.93. The van der Waals surface area contributed by atoms with Gasteiger partial charge in [-0.3, -0.25) is 14.3 Å². The van der Waals surface area contributed by atoms with Gasteiger partial charge in [0.2, 0.25) is 5.91 Å². The number of carbonyl (C=O) groups is 2. The molecule has 7 nitrogen and oxygen atoms in total. The zero-order valence-electron chi connectivity index (χ0n) is 15.6. The number of rotatable bonds is 7. The van der Waals surface area contributed by atoms with Crippen molar-refractivity contribution in [1.82, 2.24) is 24.6 Å². The molecule has 0 saturated carbocycles. The van der Waals surface area contributed by atoms with E-state index >= 15 is 0 Å². The number of imidazole rings is 1. The van der Waals surface area contributed by atoms with Gasteiger partial charge in [-0.2, -0.15) is 5.10 Å². The van der Waals surface area contributed by atoms with Crippen molar-refractivity contribution in [1.29, 1.82) is 0 Å². The maximum atomic E-state index is 12.3. The Bertz CT molecular complexity index is 793. The van der Waals surface area contributed by atoms with Crippen molar-refractivity contribution in [2.45, 2.75) is 51.9 Å². The van der Waals surface area contributed by atoms with E-state index in [4.69, 9.17) is 0 Å². The number of amides is 1. The molecule has 0 aliphatic rings. The predicted molar refractivity (Wildman–Crippen MR) is 97.9 cm³/mol. The molecule has 1 unspecified atom stereocenters. The van der Waals surface area contributed by atoms with Gasteiger partial charge in [0.1, 0.15) is 0 Å². The summed E-state index contributed by atoms with van der Waals surface area (Å²) < 4.78 is 3.73. The van der Waals surface area contributed by atoms with Crippen LogP contribution in [-0.4, -0.2) is 37.3 Å². The summed E-state index contributed by atoms with van der Waals surface area (Å²) in [5.41, 5.74) is 3.11. The lowest BCUT2D eigenvalue weighted by Gasteiger charge is -2.14. The van der Waals surface area contributed by atoms with Crippen LogP contribution in [0.5, 0.6) is 0 Å². The highest BCUT2D eigenvalue weighted by molar-refractivity contribution is 7.98. The van der Waals surface area contributed by atoms with Crippen LogP contribution in [0.25, 0.3) is 0 Å². The van der Waals surface area contributed by atoms with Crippen molar-refractivity contribution in [3.8, 4) is 0 Å². The molecular weight excluding hydrogens is 338 g/mol. The Balaban J connectivity index is 1.99. The zero-order valence-corrected chi connectivity index (χ0v) is 16.4. The Labute approximate surface area is 152 Å². The second kappa shape index (κ2) is 7.86. The van der Waals surface area contributed by atoms with Crippen LogP contribution in [0.2, 0.25) is 0 Å². The maximum Gasteiger partial charge on any atom is 0.222 e. The molecule has 0 radical (unpaired) electrons. The van der Waals surface area contributed by atoms with Gasteiger partial charge in [0.25, 0.3) is 0 Å². The summed E-state index contributed by atoms with van der Waals surface area (Å²) in [6.07, 6.45) is 4.04. The molecule has 8 heteroatoms. The summed E-state index contributed by atoms with van der Waals surface area (Å²) in [6, 6.07) is -0.125. The Morgan fingerprint density at radius 2 is 2.04 bits per heavy atom. The van der Waals surface area contributed by atoms with Gasteiger partial charge in [-0.1, -0.05) is 11.8 Å². The second-order valence-corrected chi connectivity index (χ2v) is 6.95. The first-order valence-electron chi connectivity index (χ1n) is 8.14. The fourth-order valence-electron chi connectivity index (χ4n) is 3.00. The molecule has 0 saturated heterocycles. The van der Waals surface area contributed by atoms with Gasteiger partial charge in [0, 0.05) is 19.2 Å². The van der Waals surface area contributed by atoms with Crippen LogP contribution in [-0.2, 0) is 18.4 Å². The molecule has 1 atom stereocenters. The molecule has 25 heavy (non-hydrogen) atoms. The SMILES string of the molecule is CSc1ncc(CNC(=O)CC(C)n2nc(C)c(C(C)=O)c2C)n1C. The van der Waals surface area contributed by atoms with Crippen LogP contribution in [0, 0.1) is 13.8 Å². The molecule has 2 heterocycles. The minimum atomic E-state index is -0.125. The minimum absolute atomic E-state index is 0.00120. The number of aryl methyl sites for hydroxylation is 1. The normalized spacial score (nSPS) is 12.2. The molecule has 0 aliphatic heterocycles. The van der Waals surface area contributed by atoms with E-state index in [1.54, 1.807) is 22.6 Å². The fraction of sp³-hybridized carbons (Fsp3) is 0.529. The fourth-order valence-corrected chi connectivity index (χ4v) is 3.55. The van der Waals surface area contributed by atoms with Crippen molar-refractivity contribution in [2.75, 3.05) is 6.26 Å². The number of Topliss-reactive ketones (excluding diaryl/α,β-unsaturated/α-hetero) is 1. The number of hydrogen-bond acceptors (Lipinski definition) is 5. The molecule has 0 spiro atoms. The molecule has 2 aromatic heterocycles. The van der Waals surface area contributed by atoms with Crippen LogP contribution < -0.4 is 5.32 Å². The Morgan fingerprint density at radius 1 is 1.36 bits per heavy atom. The van der Waals surface area contributed by atoms with Crippen LogP contribution in [0.4, 0.5) is 0 Å². The average molecular weight is 363 g/mol. The highest BCUT2D eigenvalue weighted by Gasteiger charge is 2.20. The molecule has 0 fully saturated rings. The predicted octanol–water partition coefficient (Wildman–Crippen LogP) is 2.43. The highest BCUT2D eigenvalue weighted by Crippen LogP contribution is 2.20. The first-order valence-corrected chi connectivity index (χ1v) is 9.36. The molecular formula is C17H25N5O2S. The number of ketones is 1. The summed E-state index contributed by atoms with van der Waals surface area (Å²) in [6.45, 7) is 7.59. The third-order valence-electron chi connectivity index (χ3n) is 4.27. The number of nitrogens with one attached hydrogen (secondary N) is 1. The first-order chi connectivity index (χ1) is 11.8. The van der Waals surface area contributed by atoms with Gasteiger partial charge < -0.3 is 9.88 Å². The number of aromatic nitrogens is 4. The Kier molecular flexibility index (Phi) is 6.05. The third-order valence-corrected chi connectivity index (χ3v) is 5.01. The van der Waals surface area contributed by atoms with Crippen LogP contribution in [0.3, 0.4) is 0 Å². The van der Waals surface area contributed by atoms with Crippen LogP contribution in [0.15, 0.2) is 11.4 Å². The minimum Gasteiger partial charge on any atom is -0.350 e. The summed E-state index contributed by atoms with van der Waals surface area (Å²) in [5, 5.41) is 8.27. The van der Waals surface area contributed by atoms with E-state index in [-0.39, 0.29) is 17.7 Å². The Hall–Kier alpha value is -2.09.